The van der Waals surface area contributed by atoms with Crippen LogP contribution in [0.1, 0.15) is 35.6 Å². The van der Waals surface area contributed by atoms with E-state index in [1.807, 2.05) is 0 Å². The van der Waals surface area contributed by atoms with E-state index in [2.05, 4.69) is 15.1 Å². The molecule has 0 aromatic carbocycles. The van der Waals surface area contributed by atoms with Crippen LogP contribution in [0.2, 0.25) is 0 Å². The number of hydrogen-bond donors (Lipinski definition) is 1. The Morgan fingerprint density at radius 3 is 2.50 bits per heavy atom. The Hall–Kier alpha value is -2.38. The van der Waals surface area contributed by atoms with Crippen molar-refractivity contribution in [3.05, 3.63) is 17.0 Å². The largest absolute Gasteiger partial charge is 0.545 e. The van der Waals surface area contributed by atoms with Gasteiger partial charge < -0.3 is 20.5 Å². The van der Waals surface area contributed by atoms with Crippen LogP contribution >= 0.6 is 0 Å². The molecule has 0 unspecified atom stereocenters. The monoisotopic (exact) mass is 281 g/mol. The molecule has 0 fully saturated rings. The van der Waals surface area contributed by atoms with Crippen LogP contribution in [-0.4, -0.2) is 27.6 Å². The molecule has 0 atom stereocenters. The summed E-state index contributed by atoms with van der Waals surface area (Å²) in [6.45, 7) is 6.49. The maximum absolute atomic E-state index is 11.2. The lowest BCUT2D eigenvalue weighted by Crippen LogP contribution is -2.25. The van der Waals surface area contributed by atoms with Gasteiger partial charge in [-0.15, -0.1) is 0 Å². The quantitative estimate of drug-likeness (QED) is 0.330. The first-order valence-electron chi connectivity index (χ1n) is 6.02. The van der Waals surface area contributed by atoms with Crippen LogP contribution in [0, 0.1) is 19.8 Å². The summed E-state index contributed by atoms with van der Waals surface area (Å²) in [6, 6.07) is 0. The van der Waals surface area contributed by atoms with Gasteiger partial charge in [0.05, 0.1) is 17.6 Å². The number of oxime groups is 1. The van der Waals surface area contributed by atoms with Gasteiger partial charge in [0.1, 0.15) is 6.54 Å². The van der Waals surface area contributed by atoms with Crippen molar-refractivity contribution in [2.75, 3.05) is 0 Å². The summed E-state index contributed by atoms with van der Waals surface area (Å²) in [5.41, 5.74) is 6.36. The summed E-state index contributed by atoms with van der Waals surface area (Å²) in [4.78, 5) is 26.8. The van der Waals surface area contributed by atoms with Crippen molar-refractivity contribution in [2.45, 2.75) is 34.2 Å². The van der Waals surface area contributed by atoms with Gasteiger partial charge >= 0.3 is 5.97 Å². The van der Waals surface area contributed by atoms with Gasteiger partial charge in [0.15, 0.2) is 5.84 Å². The van der Waals surface area contributed by atoms with Crippen LogP contribution in [0.3, 0.4) is 0 Å². The molecule has 1 aromatic rings. The molecule has 0 aliphatic carbocycles. The van der Waals surface area contributed by atoms with Crippen LogP contribution in [0.5, 0.6) is 0 Å². The molecule has 0 amide bonds. The van der Waals surface area contributed by atoms with E-state index in [9.17, 15) is 14.7 Å². The fourth-order valence-electron chi connectivity index (χ4n) is 1.54. The van der Waals surface area contributed by atoms with Crippen LogP contribution in [0.4, 0.5) is 0 Å². The van der Waals surface area contributed by atoms with Crippen molar-refractivity contribution < 1.29 is 19.5 Å². The molecular formula is C12H17N4O4-. The van der Waals surface area contributed by atoms with Gasteiger partial charge in [0.2, 0.25) is 0 Å². The zero-order valence-corrected chi connectivity index (χ0v) is 11.8. The van der Waals surface area contributed by atoms with E-state index < -0.39 is 11.9 Å². The van der Waals surface area contributed by atoms with Gasteiger partial charge in [-0.05, 0) is 13.8 Å². The number of carbonyl (C=O) groups is 2. The number of amidine groups is 1. The third-order valence-corrected chi connectivity index (χ3v) is 2.62. The summed E-state index contributed by atoms with van der Waals surface area (Å²) in [7, 11) is 0. The van der Waals surface area contributed by atoms with Gasteiger partial charge in [-0.3, -0.25) is 4.68 Å². The van der Waals surface area contributed by atoms with E-state index in [0.717, 1.165) is 0 Å². The summed E-state index contributed by atoms with van der Waals surface area (Å²) >= 11 is 0. The minimum absolute atomic E-state index is 0.00879. The second kappa shape index (κ2) is 6.18. The van der Waals surface area contributed by atoms with Gasteiger partial charge in [-0.1, -0.05) is 19.0 Å². The van der Waals surface area contributed by atoms with Gasteiger partial charge in [0.25, 0.3) is 0 Å². The predicted octanol–water partition coefficient (Wildman–Crippen LogP) is -0.665. The third-order valence-electron chi connectivity index (χ3n) is 2.62. The van der Waals surface area contributed by atoms with Crippen molar-refractivity contribution >= 4 is 17.8 Å². The zero-order chi connectivity index (χ0) is 15.4. The normalized spacial score (nSPS) is 11.8. The summed E-state index contributed by atoms with van der Waals surface area (Å²) < 4.78 is 1.36. The number of aromatic carboxylic acids is 1. The standard InChI is InChI=1S/C12H18N4O4/c1-6(2)12(19)20-15-9(13)5-16-8(4)10(11(17)18)7(3)14-16/h6H,5H2,1-4H3,(H2,13,15)(H,17,18)/p-1. The molecule has 0 radical (unpaired) electrons. The second-order valence-electron chi connectivity index (χ2n) is 4.64. The average Bonchev–Trinajstić information content (AvgIpc) is 2.61. The minimum Gasteiger partial charge on any atom is -0.545 e. The van der Waals surface area contributed by atoms with Crippen LogP contribution in [0.15, 0.2) is 5.16 Å². The minimum atomic E-state index is -1.30. The molecule has 0 aliphatic rings. The highest BCUT2D eigenvalue weighted by Gasteiger charge is 2.13. The highest BCUT2D eigenvalue weighted by molar-refractivity contribution is 5.88. The predicted molar refractivity (Wildman–Crippen MR) is 68.6 cm³/mol. The fourth-order valence-corrected chi connectivity index (χ4v) is 1.54. The Bertz CT molecular complexity index is 560. The number of carbonyl (C=O) groups excluding carboxylic acids is 2. The Balaban J connectivity index is 2.84. The molecule has 8 nitrogen and oxygen atoms in total. The Kier molecular flexibility index (Phi) is 4.84. The van der Waals surface area contributed by atoms with E-state index in [0.29, 0.717) is 11.4 Å². The number of aromatic nitrogens is 2. The lowest BCUT2D eigenvalue weighted by atomic mass is 10.2. The van der Waals surface area contributed by atoms with Crippen molar-refractivity contribution in [3.63, 3.8) is 0 Å². The first-order chi connectivity index (χ1) is 9.23. The molecule has 20 heavy (non-hydrogen) atoms. The van der Waals surface area contributed by atoms with Crippen molar-refractivity contribution in [3.8, 4) is 0 Å². The van der Waals surface area contributed by atoms with Crippen molar-refractivity contribution in [1.29, 1.82) is 0 Å². The highest BCUT2D eigenvalue weighted by Crippen LogP contribution is 2.11. The number of nitrogens with zero attached hydrogens (tertiary/aromatic N) is 3. The smallest absolute Gasteiger partial charge is 0.337 e. The molecule has 1 aromatic heterocycles. The molecule has 2 N–H and O–H groups in total. The Morgan fingerprint density at radius 1 is 1.45 bits per heavy atom. The molecule has 110 valence electrons. The molecule has 1 heterocycles. The number of nitrogens with two attached hydrogens (primary N) is 1. The van der Waals surface area contributed by atoms with E-state index in [1.54, 1.807) is 27.7 Å². The molecule has 0 spiro atoms. The molecular weight excluding hydrogens is 264 g/mol. The Labute approximate surface area is 116 Å². The second-order valence-corrected chi connectivity index (χ2v) is 4.64. The molecule has 0 bridgehead atoms. The Morgan fingerprint density at radius 2 is 2.05 bits per heavy atom. The maximum Gasteiger partial charge on any atom is 0.337 e. The lowest BCUT2D eigenvalue weighted by molar-refractivity contribution is -0.255. The topological polar surface area (TPSA) is 123 Å². The van der Waals surface area contributed by atoms with E-state index in [4.69, 9.17) is 5.73 Å². The van der Waals surface area contributed by atoms with E-state index in [-0.39, 0.29) is 23.9 Å². The van der Waals surface area contributed by atoms with Crippen LogP contribution < -0.4 is 10.8 Å². The fraction of sp³-hybridized carbons (Fsp3) is 0.500. The first kappa shape index (κ1) is 15.7. The van der Waals surface area contributed by atoms with Crippen molar-refractivity contribution in [2.24, 2.45) is 16.8 Å². The van der Waals surface area contributed by atoms with Crippen molar-refractivity contribution in [1.82, 2.24) is 9.78 Å². The lowest BCUT2D eigenvalue weighted by Gasteiger charge is -2.06. The molecule has 1 rings (SSSR count). The third kappa shape index (κ3) is 3.56. The highest BCUT2D eigenvalue weighted by atomic mass is 16.7. The molecule has 8 heteroatoms. The van der Waals surface area contributed by atoms with E-state index in [1.165, 1.54) is 4.68 Å². The van der Waals surface area contributed by atoms with E-state index >= 15 is 0 Å². The van der Waals surface area contributed by atoms with Gasteiger partial charge in [-0.25, -0.2) is 4.79 Å². The molecule has 0 saturated carbocycles. The van der Waals surface area contributed by atoms with Gasteiger partial charge in [0, 0.05) is 11.3 Å². The summed E-state index contributed by atoms with van der Waals surface area (Å²) in [5, 5.41) is 18.5. The number of carboxylic acids is 1. The number of hydrogen-bond acceptors (Lipinski definition) is 6. The van der Waals surface area contributed by atoms with Gasteiger partial charge in [-0.2, -0.15) is 5.10 Å². The zero-order valence-electron chi connectivity index (χ0n) is 11.8. The SMILES string of the molecule is Cc1nn(C/C(N)=N/OC(=O)C(C)C)c(C)c1C(=O)[O-]. The molecule has 0 aliphatic heterocycles. The van der Waals surface area contributed by atoms with Crippen LogP contribution in [-0.2, 0) is 16.2 Å². The summed E-state index contributed by atoms with van der Waals surface area (Å²) in [6.07, 6.45) is 0. The molecule has 0 saturated heterocycles. The van der Waals surface area contributed by atoms with Crippen LogP contribution in [0.25, 0.3) is 0 Å². The number of rotatable bonds is 5. The summed E-state index contributed by atoms with van der Waals surface area (Å²) in [5.74, 6) is -2.11. The first-order valence-corrected chi connectivity index (χ1v) is 6.02. The maximum atomic E-state index is 11.2. The average molecular weight is 281 g/mol. The number of carboxylic acid groups (broad SMARTS) is 1. The number of aryl methyl sites for hydroxylation is 1.